The molecule has 124 valence electrons. The summed E-state index contributed by atoms with van der Waals surface area (Å²) < 4.78 is 0. The molecule has 0 unspecified atom stereocenters. The number of nitrogens with zero attached hydrogens (tertiary/aromatic N) is 2. The SMILES string of the molecule is CN(C)c1cccc(CNC(=O)N[C@@H]2[C@H]3Cc4ccccc4[C@@H]32)n1. The molecule has 24 heavy (non-hydrogen) atoms. The average molecular weight is 322 g/mol. The van der Waals surface area contributed by atoms with Crippen LogP contribution in [0.25, 0.3) is 0 Å². The van der Waals surface area contributed by atoms with Gasteiger partial charge in [0.25, 0.3) is 0 Å². The fourth-order valence-electron chi connectivity index (χ4n) is 3.74. The zero-order valence-corrected chi connectivity index (χ0v) is 14.0. The zero-order valence-electron chi connectivity index (χ0n) is 14.0. The van der Waals surface area contributed by atoms with Crippen LogP contribution in [0.15, 0.2) is 42.5 Å². The van der Waals surface area contributed by atoms with E-state index in [9.17, 15) is 4.79 Å². The Kier molecular flexibility index (Phi) is 3.63. The summed E-state index contributed by atoms with van der Waals surface area (Å²) in [5.41, 5.74) is 3.71. The summed E-state index contributed by atoms with van der Waals surface area (Å²) in [6.45, 7) is 0.437. The molecule has 1 saturated carbocycles. The number of carbonyl (C=O) groups is 1. The van der Waals surface area contributed by atoms with Crippen LogP contribution in [0, 0.1) is 5.92 Å². The Morgan fingerprint density at radius 3 is 2.88 bits per heavy atom. The minimum atomic E-state index is -0.107. The Balaban J connectivity index is 1.31. The number of fused-ring (bicyclic) bond motifs is 3. The number of hydrogen-bond acceptors (Lipinski definition) is 3. The van der Waals surface area contributed by atoms with E-state index in [2.05, 4.69) is 39.9 Å². The van der Waals surface area contributed by atoms with Gasteiger partial charge in [0, 0.05) is 26.1 Å². The third kappa shape index (κ3) is 2.70. The van der Waals surface area contributed by atoms with Crippen molar-refractivity contribution >= 4 is 11.8 Å². The topological polar surface area (TPSA) is 57.3 Å². The molecule has 2 amide bonds. The predicted molar refractivity (Wildman–Crippen MR) is 94.1 cm³/mol. The van der Waals surface area contributed by atoms with Crippen molar-refractivity contribution in [3.63, 3.8) is 0 Å². The quantitative estimate of drug-likeness (QED) is 0.908. The van der Waals surface area contributed by atoms with Crippen molar-refractivity contribution in [2.45, 2.75) is 24.9 Å². The zero-order chi connectivity index (χ0) is 16.7. The molecule has 0 spiro atoms. The summed E-state index contributed by atoms with van der Waals surface area (Å²) in [4.78, 5) is 18.6. The van der Waals surface area contributed by atoms with Gasteiger partial charge in [-0.2, -0.15) is 0 Å². The average Bonchev–Trinajstić information content (AvgIpc) is 3.09. The van der Waals surface area contributed by atoms with Gasteiger partial charge in [-0.05, 0) is 35.6 Å². The maximum absolute atomic E-state index is 12.2. The Bertz CT molecular complexity index is 773. The predicted octanol–water partition coefficient (Wildman–Crippen LogP) is 2.29. The summed E-state index contributed by atoms with van der Waals surface area (Å²) in [5.74, 6) is 1.97. The second-order valence-electron chi connectivity index (χ2n) is 6.83. The molecule has 2 aliphatic carbocycles. The van der Waals surface area contributed by atoms with E-state index < -0.39 is 0 Å². The summed E-state index contributed by atoms with van der Waals surface area (Å²) in [7, 11) is 3.91. The second-order valence-corrected chi connectivity index (χ2v) is 6.83. The maximum atomic E-state index is 12.2. The van der Waals surface area contributed by atoms with Crippen LogP contribution in [-0.4, -0.2) is 31.2 Å². The van der Waals surface area contributed by atoms with Crippen LogP contribution >= 0.6 is 0 Å². The molecule has 2 aromatic rings. The first-order valence-electron chi connectivity index (χ1n) is 8.39. The van der Waals surface area contributed by atoms with E-state index in [1.165, 1.54) is 11.1 Å². The van der Waals surface area contributed by atoms with E-state index in [0.29, 0.717) is 18.4 Å². The number of hydrogen-bond donors (Lipinski definition) is 2. The van der Waals surface area contributed by atoms with Crippen molar-refractivity contribution < 1.29 is 4.79 Å². The Morgan fingerprint density at radius 1 is 1.21 bits per heavy atom. The number of nitrogens with one attached hydrogen (secondary N) is 2. The van der Waals surface area contributed by atoms with Crippen molar-refractivity contribution in [2.24, 2.45) is 5.92 Å². The van der Waals surface area contributed by atoms with Gasteiger partial charge in [-0.15, -0.1) is 0 Å². The number of benzene rings is 1. The van der Waals surface area contributed by atoms with Gasteiger partial charge in [-0.25, -0.2) is 9.78 Å². The third-order valence-electron chi connectivity index (χ3n) is 5.02. The smallest absolute Gasteiger partial charge is 0.315 e. The molecule has 0 saturated heterocycles. The molecule has 5 heteroatoms. The van der Waals surface area contributed by atoms with E-state index in [-0.39, 0.29) is 12.1 Å². The summed E-state index contributed by atoms with van der Waals surface area (Å²) in [6.07, 6.45) is 1.08. The third-order valence-corrected chi connectivity index (χ3v) is 5.02. The van der Waals surface area contributed by atoms with Crippen LogP contribution in [-0.2, 0) is 13.0 Å². The minimum Gasteiger partial charge on any atom is -0.363 e. The van der Waals surface area contributed by atoms with Crippen LogP contribution < -0.4 is 15.5 Å². The highest BCUT2D eigenvalue weighted by Gasteiger charge is 2.56. The lowest BCUT2D eigenvalue weighted by molar-refractivity contribution is 0.239. The fraction of sp³-hybridized carbons (Fsp3) is 0.368. The molecular weight excluding hydrogens is 300 g/mol. The molecule has 0 bridgehead atoms. The van der Waals surface area contributed by atoms with Gasteiger partial charge >= 0.3 is 6.03 Å². The van der Waals surface area contributed by atoms with E-state index >= 15 is 0 Å². The van der Waals surface area contributed by atoms with Crippen molar-refractivity contribution in [3.05, 3.63) is 59.3 Å². The minimum absolute atomic E-state index is 0.107. The summed E-state index contributed by atoms with van der Waals surface area (Å²) >= 11 is 0. The molecule has 0 radical (unpaired) electrons. The van der Waals surface area contributed by atoms with E-state index in [1.54, 1.807) is 0 Å². The highest BCUT2D eigenvalue weighted by atomic mass is 16.2. The number of pyridine rings is 1. The van der Waals surface area contributed by atoms with Gasteiger partial charge in [0.15, 0.2) is 0 Å². The lowest BCUT2D eigenvalue weighted by atomic mass is 10.1. The lowest BCUT2D eigenvalue weighted by Crippen LogP contribution is -2.38. The molecular formula is C19H22N4O. The van der Waals surface area contributed by atoms with Gasteiger partial charge in [0.2, 0.25) is 0 Å². The summed E-state index contributed by atoms with van der Waals surface area (Å²) in [5, 5.41) is 6.03. The Morgan fingerprint density at radius 2 is 2.04 bits per heavy atom. The second kappa shape index (κ2) is 5.82. The van der Waals surface area contributed by atoms with E-state index in [1.807, 2.05) is 37.2 Å². The van der Waals surface area contributed by atoms with Crippen LogP contribution in [0.5, 0.6) is 0 Å². The standard InChI is InChI=1S/C19H22N4O/c1-23(2)16-9-5-7-13(21-16)11-20-19(24)22-18-15-10-12-6-3-4-8-14(12)17(15)18/h3-9,15,17-18H,10-11H2,1-2H3,(H2,20,22,24)/t15-,17-,18+/m0/s1. The Labute approximate surface area is 142 Å². The fourth-order valence-corrected chi connectivity index (χ4v) is 3.74. The van der Waals surface area contributed by atoms with Crippen molar-refractivity contribution in [2.75, 3.05) is 19.0 Å². The Hall–Kier alpha value is -2.56. The number of anilines is 1. The summed E-state index contributed by atoms with van der Waals surface area (Å²) in [6, 6.07) is 14.6. The lowest BCUT2D eigenvalue weighted by Gasteiger charge is -2.13. The molecule has 1 aromatic carbocycles. The van der Waals surface area contributed by atoms with Crippen molar-refractivity contribution in [1.29, 1.82) is 0 Å². The van der Waals surface area contributed by atoms with Crippen molar-refractivity contribution in [1.82, 2.24) is 15.6 Å². The van der Waals surface area contributed by atoms with Gasteiger partial charge < -0.3 is 15.5 Å². The van der Waals surface area contributed by atoms with E-state index in [0.717, 1.165) is 17.9 Å². The monoisotopic (exact) mass is 322 g/mol. The van der Waals surface area contributed by atoms with Gasteiger partial charge in [-0.1, -0.05) is 30.3 Å². The van der Waals surface area contributed by atoms with Crippen molar-refractivity contribution in [3.8, 4) is 0 Å². The number of rotatable bonds is 4. The molecule has 1 heterocycles. The van der Waals surface area contributed by atoms with Crippen LogP contribution in [0.1, 0.15) is 22.7 Å². The highest BCUT2D eigenvalue weighted by Crippen LogP contribution is 2.56. The van der Waals surface area contributed by atoms with Crippen LogP contribution in [0.4, 0.5) is 10.6 Å². The molecule has 5 nitrogen and oxygen atoms in total. The first-order chi connectivity index (χ1) is 11.6. The molecule has 0 aliphatic heterocycles. The molecule has 2 N–H and O–H groups in total. The van der Waals surface area contributed by atoms with Gasteiger partial charge in [0.05, 0.1) is 12.2 Å². The molecule has 2 aliphatic rings. The van der Waals surface area contributed by atoms with Gasteiger partial charge in [-0.3, -0.25) is 0 Å². The molecule has 3 atom stereocenters. The molecule has 1 fully saturated rings. The molecule has 4 rings (SSSR count). The number of carbonyl (C=O) groups excluding carboxylic acids is 1. The van der Waals surface area contributed by atoms with Crippen LogP contribution in [0.2, 0.25) is 0 Å². The number of urea groups is 1. The highest BCUT2D eigenvalue weighted by molar-refractivity contribution is 5.75. The number of aromatic nitrogens is 1. The normalized spacial score (nSPS) is 23.2. The first-order valence-corrected chi connectivity index (χ1v) is 8.39. The van der Waals surface area contributed by atoms with E-state index in [4.69, 9.17) is 0 Å². The van der Waals surface area contributed by atoms with Gasteiger partial charge in [0.1, 0.15) is 5.82 Å². The van der Waals surface area contributed by atoms with Crippen LogP contribution in [0.3, 0.4) is 0 Å². The number of amides is 2. The first kappa shape index (κ1) is 15.0. The largest absolute Gasteiger partial charge is 0.363 e. The maximum Gasteiger partial charge on any atom is 0.315 e. The molecule has 1 aromatic heterocycles.